The summed E-state index contributed by atoms with van der Waals surface area (Å²) in [5.74, 6) is 0.369. The first kappa shape index (κ1) is 20.8. The predicted molar refractivity (Wildman–Crippen MR) is 123 cm³/mol. The number of carbonyl (C=O) groups excluding carboxylic acids is 2. The standard InChI is InChI=1S/C24H29N3O2S/c28-23(18-30-20-9-3-1-4-10-20)25-19-11-12-22(26-13-7-8-14-26)21(17-19)24(29)27-15-5-2-6-16-27/h1,3-4,9-12,17H,2,5-8,13-16,18H2,(H,25,28). The average molecular weight is 424 g/mol. The number of benzene rings is 2. The normalized spacial score (nSPS) is 16.5. The second-order valence-corrected chi connectivity index (χ2v) is 8.98. The van der Waals surface area contributed by atoms with E-state index in [1.807, 2.05) is 53.4 Å². The summed E-state index contributed by atoms with van der Waals surface area (Å²) < 4.78 is 0. The Morgan fingerprint density at radius 3 is 2.30 bits per heavy atom. The fourth-order valence-corrected chi connectivity index (χ4v) is 4.87. The zero-order chi connectivity index (χ0) is 20.8. The lowest BCUT2D eigenvalue weighted by Crippen LogP contribution is -2.36. The summed E-state index contributed by atoms with van der Waals surface area (Å²) in [5, 5.41) is 2.98. The van der Waals surface area contributed by atoms with Crippen molar-refractivity contribution >= 4 is 35.0 Å². The van der Waals surface area contributed by atoms with E-state index in [0.29, 0.717) is 17.0 Å². The SMILES string of the molecule is O=C(CSc1ccccc1)Nc1ccc(N2CCCC2)c(C(=O)N2CCCCC2)c1. The van der Waals surface area contributed by atoms with Crippen LogP contribution in [-0.4, -0.2) is 48.6 Å². The minimum absolute atomic E-state index is 0.0610. The largest absolute Gasteiger partial charge is 0.371 e. The Morgan fingerprint density at radius 2 is 1.57 bits per heavy atom. The van der Waals surface area contributed by atoms with Gasteiger partial charge in [-0.2, -0.15) is 0 Å². The van der Waals surface area contributed by atoms with Crippen molar-refractivity contribution in [1.82, 2.24) is 4.90 Å². The predicted octanol–water partition coefficient (Wildman–Crippen LogP) is 4.64. The maximum absolute atomic E-state index is 13.3. The molecule has 2 aromatic rings. The number of piperidine rings is 1. The lowest BCUT2D eigenvalue weighted by Gasteiger charge is -2.29. The van der Waals surface area contributed by atoms with E-state index in [0.717, 1.165) is 62.4 Å². The molecule has 0 spiro atoms. The van der Waals surface area contributed by atoms with Crippen LogP contribution in [0, 0.1) is 0 Å². The molecule has 2 aliphatic rings. The van der Waals surface area contributed by atoms with Crippen LogP contribution >= 0.6 is 11.8 Å². The molecule has 4 rings (SSSR count). The van der Waals surface area contributed by atoms with Gasteiger partial charge in [0.15, 0.2) is 0 Å². The number of thioether (sulfide) groups is 1. The first-order valence-corrected chi connectivity index (χ1v) is 11.9. The zero-order valence-corrected chi connectivity index (χ0v) is 18.1. The van der Waals surface area contributed by atoms with Gasteiger partial charge in [-0.15, -0.1) is 11.8 Å². The molecule has 2 aliphatic heterocycles. The van der Waals surface area contributed by atoms with Crippen LogP contribution in [0.25, 0.3) is 0 Å². The number of carbonyl (C=O) groups is 2. The summed E-state index contributed by atoms with van der Waals surface area (Å²) in [7, 11) is 0. The van der Waals surface area contributed by atoms with Gasteiger partial charge >= 0.3 is 0 Å². The summed E-state index contributed by atoms with van der Waals surface area (Å²) in [4.78, 5) is 31.1. The van der Waals surface area contributed by atoms with Crippen LogP contribution in [0.3, 0.4) is 0 Å². The molecule has 0 bridgehead atoms. The van der Waals surface area contributed by atoms with Gasteiger partial charge in [0.05, 0.1) is 11.3 Å². The number of nitrogens with one attached hydrogen (secondary N) is 1. The molecule has 158 valence electrons. The lowest BCUT2D eigenvalue weighted by molar-refractivity contribution is -0.113. The van der Waals surface area contributed by atoms with Crippen LogP contribution in [0.15, 0.2) is 53.4 Å². The van der Waals surface area contributed by atoms with Crippen molar-refractivity contribution in [2.45, 2.75) is 37.0 Å². The Balaban J connectivity index is 1.49. The molecule has 30 heavy (non-hydrogen) atoms. The third kappa shape index (κ3) is 5.17. The molecule has 0 radical (unpaired) electrons. The Labute approximate surface area is 182 Å². The van der Waals surface area contributed by atoms with Gasteiger partial charge in [0, 0.05) is 42.4 Å². The molecule has 2 amide bonds. The fraction of sp³-hybridized carbons (Fsp3) is 0.417. The molecule has 5 nitrogen and oxygen atoms in total. The van der Waals surface area contributed by atoms with Crippen LogP contribution in [0.5, 0.6) is 0 Å². The van der Waals surface area contributed by atoms with Gasteiger partial charge < -0.3 is 15.1 Å². The highest BCUT2D eigenvalue weighted by Gasteiger charge is 2.25. The van der Waals surface area contributed by atoms with Crippen molar-refractivity contribution in [2.75, 3.05) is 42.1 Å². The molecule has 0 aliphatic carbocycles. The van der Waals surface area contributed by atoms with E-state index >= 15 is 0 Å². The zero-order valence-electron chi connectivity index (χ0n) is 17.3. The molecular formula is C24H29N3O2S. The molecule has 1 N–H and O–H groups in total. The second kappa shape index (κ2) is 10.0. The number of likely N-dealkylation sites (tertiary alicyclic amines) is 1. The van der Waals surface area contributed by atoms with Crippen molar-refractivity contribution < 1.29 is 9.59 Å². The molecule has 2 aromatic carbocycles. The highest BCUT2D eigenvalue weighted by Crippen LogP contribution is 2.29. The monoisotopic (exact) mass is 423 g/mol. The number of rotatable bonds is 6. The van der Waals surface area contributed by atoms with Crippen molar-refractivity contribution in [3.8, 4) is 0 Å². The number of hydrogen-bond acceptors (Lipinski definition) is 4. The molecule has 0 saturated carbocycles. The number of amides is 2. The Bertz CT molecular complexity index is 875. The number of nitrogens with zero attached hydrogens (tertiary/aromatic N) is 2. The van der Waals surface area contributed by atoms with Crippen LogP contribution in [-0.2, 0) is 4.79 Å². The quantitative estimate of drug-likeness (QED) is 0.688. The summed E-state index contributed by atoms with van der Waals surface area (Å²) in [5.41, 5.74) is 2.41. The van der Waals surface area contributed by atoms with Crippen molar-refractivity contribution in [3.05, 3.63) is 54.1 Å². The maximum Gasteiger partial charge on any atom is 0.256 e. The smallest absolute Gasteiger partial charge is 0.256 e. The van der Waals surface area contributed by atoms with E-state index in [4.69, 9.17) is 0 Å². The second-order valence-electron chi connectivity index (χ2n) is 7.93. The molecule has 0 atom stereocenters. The summed E-state index contributed by atoms with van der Waals surface area (Å²) >= 11 is 1.51. The van der Waals surface area contributed by atoms with Crippen LogP contribution in [0.2, 0.25) is 0 Å². The van der Waals surface area contributed by atoms with Gasteiger partial charge in [0.25, 0.3) is 5.91 Å². The topological polar surface area (TPSA) is 52.7 Å². The average Bonchev–Trinajstić information content (AvgIpc) is 3.33. The number of anilines is 2. The first-order chi connectivity index (χ1) is 14.7. The van der Waals surface area contributed by atoms with Gasteiger partial charge in [0.2, 0.25) is 5.91 Å². The van der Waals surface area contributed by atoms with E-state index in [9.17, 15) is 9.59 Å². The highest BCUT2D eigenvalue weighted by atomic mass is 32.2. The third-order valence-corrected chi connectivity index (χ3v) is 6.73. The van der Waals surface area contributed by atoms with Gasteiger partial charge in [-0.25, -0.2) is 0 Å². The van der Waals surface area contributed by atoms with Crippen LogP contribution in [0.4, 0.5) is 11.4 Å². The van der Waals surface area contributed by atoms with Gasteiger partial charge in [-0.3, -0.25) is 9.59 Å². The van der Waals surface area contributed by atoms with Crippen molar-refractivity contribution in [3.63, 3.8) is 0 Å². The summed E-state index contributed by atoms with van der Waals surface area (Å²) in [6, 6.07) is 15.7. The molecule has 0 aromatic heterocycles. The maximum atomic E-state index is 13.3. The van der Waals surface area contributed by atoms with Crippen molar-refractivity contribution in [1.29, 1.82) is 0 Å². The van der Waals surface area contributed by atoms with Gasteiger partial charge in [-0.1, -0.05) is 18.2 Å². The number of hydrogen-bond donors (Lipinski definition) is 1. The minimum Gasteiger partial charge on any atom is -0.371 e. The Hall–Kier alpha value is -2.47. The highest BCUT2D eigenvalue weighted by molar-refractivity contribution is 8.00. The molecular weight excluding hydrogens is 394 g/mol. The van der Waals surface area contributed by atoms with E-state index in [1.165, 1.54) is 18.2 Å². The Kier molecular flexibility index (Phi) is 6.95. The molecule has 2 saturated heterocycles. The molecule has 2 heterocycles. The summed E-state index contributed by atoms with van der Waals surface area (Å²) in [6.07, 6.45) is 5.65. The minimum atomic E-state index is -0.0610. The molecule has 0 unspecified atom stereocenters. The van der Waals surface area contributed by atoms with Crippen molar-refractivity contribution in [2.24, 2.45) is 0 Å². The summed E-state index contributed by atoms with van der Waals surface area (Å²) in [6.45, 7) is 3.62. The third-order valence-electron chi connectivity index (χ3n) is 5.71. The van der Waals surface area contributed by atoms with E-state index in [-0.39, 0.29) is 11.8 Å². The molecule has 6 heteroatoms. The van der Waals surface area contributed by atoms with Crippen LogP contribution < -0.4 is 10.2 Å². The fourth-order valence-electron chi connectivity index (χ4n) is 4.15. The lowest BCUT2D eigenvalue weighted by atomic mass is 10.1. The van der Waals surface area contributed by atoms with E-state index in [2.05, 4.69) is 10.2 Å². The molecule has 2 fully saturated rings. The first-order valence-electron chi connectivity index (χ1n) is 10.9. The van der Waals surface area contributed by atoms with Gasteiger partial charge in [0.1, 0.15) is 0 Å². The van der Waals surface area contributed by atoms with Gasteiger partial charge in [-0.05, 0) is 62.4 Å². The van der Waals surface area contributed by atoms with Crippen LogP contribution in [0.1, 0.15) is 42.5 Å². The Morgan fingerprint density at radius 1 is 0.867 bits per heavy atom. The van der Waals surface area contributed by atoms with E-state index < -0.39 is 0 Å². The van der Waals surface area contributed by atoms with E-state index in [1.54, 1.807) is 0 Å².